The number of rotatable bonds is 3. The van der Waals surface area contributed by atoms with Gasteiger partial charge in [0.25, 0.3) is 10.0 Å². The first-order valence-corrected chi connectivity index (χ1v) is 9.92. The Hall–Kier alpha value is -2.34. The molecule has 0 fully saturated rings. The second-order valence-corrected chi connectivity index (χ2v) is 8.42. The molecule has 1 aliphatic heterocycles. The molecule has 2 aliphatic rings. The summed E-state index contributed by atoms with van der Waals surface area (Å²) in [4.78, 5) is 14.6. The van der Waals surface area contributed by atoms with Gasteiger partial charge in [0, 0.05) is 19.3 Å². The van der Waals surface area contributed by atoms with Crippen LogP contribution in [0.3, 0.4) is 0 Å². The molecule has 0 bridgehead atoms. The molecule has 0 aromatic heterocycles. The van der Waals surface area contributed by atoms with Gasteiger partial charge in [-0.1, -0.05) is 30.3 Å². The van der Waals surface area contributed by atoms with Gasteiger partial charge in [-0.15, -0.1) is 0 Å². The number of hydrogen-bond acceptors (Lipinski definition) is 4. The lowest BCUT2D eigenvalue weighted by Gasteiger charge is -2.29. The molecule has 4 rings (SSSR count). The van der Waals surface area contributed by atoms with Crippen LogP contribution in [0.1, 0.15) is 29.0 Å². The van der Waals surface area contributed by atoms with Gasteiger partial charge in [-0.2, -0.15) is 0 Å². The van der Waals surface area contributed by atoms with Crippen LogP contribution >= 0.6 is 0 Å². The summed E-state index contributed by atoms with van der Waals surface area (Å²) in [6.45, 7) is 0.904. The predicted molar refractivity (Wildman–Crippen MR) is 96.2 cm³/mol. The van der Waals surface area contributed by atoms with Gasteiger partial charge in [-0.05, 0) is 48.1 Å². The van der Waals surface area contributed by atoms with E-state index in [-0.39, 0.29) is 10.8 Å². The van der Waals surface area contributed by atoms with Gasteiger partial charge in [0.1, 0.15) is 0 Å². The third-order valence-electron chi connectivity index (χ3n) is 5.12. The first-order chi connectivity index (χ1) is 12.0. The molecule has 1 heterocycles. The second kappa shape index (κ2) is 5.88. The van der Waals surface area contributed by atoms with E-state index in [1.807, 2.05) is 37.4 Å². The number of benzene rings is 2. The molecule has 25 heavy (non-hydrogen) atoms. The van der Waals surface area contributed by atoms with Crippen molar-refractivity contribution in [1.29, 1.82) is 0 Å². The Morgan fingerprint density at radius 3 is 2.76 bits per heavy atom. The van der Waals surface area contributed by atoms with Crippen LogP contribution in [0, 0.1) is 0 Å². The number of anilines is 1. The lowest BCUT2D eigenvalue weighted by Crippen LogP contribution is -2.39. The summed E-state index contributed by atoms with van der Waals surface area (Å²) in [7, 11) is -1.91. The van der Waals surface area contributed by atoms with E-state index >= 15 is 0 Å². The molecule has 1 N–H and O–H groups in total. The first kappa shape index (κ1) is 16.1. The number of sulfonamides is 1. The van der Waals surface area contributed by atoms with Crippen LogP contribution in [0.15, 0.2) is 47.4 Å². The molecular weight excluding hydrogens is 336 g/mol. The summed E-state index contributed by atoms with van der Waals surface area (Å²) in [5.41, 5.74) is 4.10. The van der Waals surface area contributed by atoms with Gasteiger partial charge in [0.05, 0.1) is 10.8 Å². The second-order valence-electron chi connectivity index (χ2n) is 6.74. The zero-order valence-electron chi connectivity index (χ0n) is 14.0. The highest BCUT2D eigenvalue weighted by atomic mass is 32.2. The Morgan fingerprint density at radius 1 is 1.16 bits per heavy atom. The third-order valence-corrected chi connectivity index (χ3v) is 6.47. The average molecular weight is 356 g/mol. The predicted octanol–water partition coefficient (Wildman–Crippen LogP) is 2.21. The van der Waals surface area contributed by atoms with Crippen molar-refractivity contribution in [3.8, 4) is 0 Å². The van der Waals surface area contributed by atoms with Gasteiger partial charge in [-0.25, -0.2) is 13.1 Å². The van der Waals surface area contributed by atoms with Crippen molar-refractivity contribution in [2.24, 2.45) is 0 Å². The lowest BCUT2D eigenvalue weighted by molar-refractivity contribution is -0.121. The summed E-state index contributed by atoms with van der Waals surface area (Å²) in [6.07, 6.45) is 2.60. The Labute approximate surface area is 147 Å². The molecule has 0 saturated carbocycles. The van der Waals surface area contributed by atoms with Crippen LogP contribution in [0.4, 0.5) is 5.69 Å². The van der Waals surface area contributed by atoms with Gasteiger partial charge in [0.15, 0.2) is 0 Å². The van der Waals surface area contributed by atoms with Crippen LogP contribution < -0.4 is 9.62 Å². The maximum Gasteiger partial charge on any atom is 0.264 e. The fourth-order valence-corrected chi connectivity index (χ4v) is 4.70. The molecule has 5 nitrogen and oxygen atoms in total. The molecule has 1 amide bonds. The summed E-state index contributed by atoms with van der Waals surface area (Å²) in [5.74, 6) is -0.837. The van der Waals surface area contributed by atoms with E-state index in [0.29, 0.717) is 6.42 Å². The fourth-order valence-electron chi connectivity index (χ4n) is 3.66. The summed E-state index contributed by atoms with van der Waals surface area (Å²) in [5, 5.41) is 0. The van der Waals surface area contributed by atoms with Gasteiger partial charge < -0.3 is 4.90 Å². The molecule has 1 unspecified atom stereocenters. The fraction of sp³-hybridized carbons (Fsp3) is 0.316. The number of amides is 1. The normalized spacial score (nSPS) is 18.8. The number of hydrogen-bond donors (Lipinski definition) is 1. The van der Waals surface area contributed by atoms with Crippen molar-refractivity contribution >= 4 is 21.6 Å². The maximum absolute atomic E-state index is 12.6. The summed E-state index contributed by atoms with van der Waals surface area (Å²) in [6, 6.07) is 12.7. The van der Waals surface area contributed by atoms with Crippen molar-refractivity contribution < 1.29 is 13.2 Å². The van der Waals surface area contributed by atoms with E-state index in [0.717, 1.165) is 41.8 Å². The third kappa shape index (κ3) is 2.80. The van der Waals surface area contributed by atoms with E-state index in [1.54, 1.807) is 12.1 Å². The molecular formula is C19H20N2O3S. The van der Waals surface area contributed by atoms with Crippen molar-refractivity contribution in [2.45, 2.75) is 30.1 Å². The average Bonchev–Trinajstić information content (AvgIpc) is 2.55. The monoisotopic (exact) mass is 356 g/mol. The Morgan fingerprint density at radius 2 is 1.96 bits per heavy atom. The zero-order chi connectivity index (χ0) is 17.6. The molecule has 1 atom stereocenters. The Bertz CT molecular complexity index is 953. The van der Waals surface area contributed by atoms with Gasteiger partial charge in [0.2, 0.25) is 5.91 Å². The molecule has 2 aromatic carbocycles. The lowest BCUT2D eigenvalue weighted by atomic mass is 9.77. The quantitative estimate of drug-likeness (QED) is 0.916. The van der Waals surface area contributed by atoms with Crippen LogP contribution in [0.5, 0.6) is 0 Å². The zero-order valence-corrected chi connectivity index (χ0v) is 14.8. The van der Waals surface area contributed by atoms with E-state index in [9.17, 15) is 13.2 Å². The highest BCUT2D eigenvalue weighted by Crippen LogP contribution is 2.35. The van der Waals surface area contributed by atoms with E-state index in [2.05, 4.69) is 9.62 Å². The number of aryl methyl sites for hydroxylation is 1. The summed E-state index contributed by atoms with van der Waals surface area (Å²) < 4.78 is 27.5. The number of nitrogens with zero attached hydrogens (tertiary/aromatic N) is 1. The minimum absolute atomic E-state index is 0.140. The SMILES string of the molecule is CN1CCCc2ccc(S(=O)(=O)NC(=O)C3Cc4ccccc43)cc21. The minimum Gasteiger partial charge on any atom is -0.374 e. The standard InChI is InChI=1S/C19H20N2O3S/c1-21-10-4-6-13-8-9-15(12-18(13)21)25(23,24)20-19(22)17-11-14-5-2-3-7-16(14)17/h2-3,5,7-9,12,17H,4,6,10-11H2,1H3,(H,20,22). The summed E-state index contributed by atoms with van der Waals surface area (Å²) >= 11 is 0. The smallest absolute Gasteiger partial charge is 0.264 e. The first-order valence-electron chi connectivity index (χ1n) is 8.44. The molecule has 2 aromatic rings. The van der Waals surface area contributed by atoms with Crippen LogP contribution in [0.25, 0.3) is 0 Å². The highest BCUT2D eigenvalue weighted by molar-refractivity contribution is 7.90. The van der Waals surface area contributed by atoms with Crippen molar-refractivity contribution in [1.82, 2.24) is 4.72 Å². The molecule has 0 spiro atoms. The minimum atomic E-state index is -3.87. The number of carbonyl (C=O) groups excluding carboxylic acids is 1. The molecule has 0 saturated heterocycles. The topological polar surface area (TPSA) is 66.5 Å². The van der Waals surface area contributed by atoms with Crippen molar-refractivity contribution in [3.05, 3.63) is 59.2 Å². The van der Waals surface area contributed by atoms with Crippen molar-refractivity contribution in [3.63, 3.8) is 0 Å². The molecule has 6 heteroatoms. The number of carbonyl (C=O) groups is 1. The Kier molecular flexibility index (Phi) is 3.80. The highest BCUT2D eigenvalue weighted by Gasteiger charge is 2.34. The number of fused-ring (bicyclic) bond motifs is 2. The van der Waals surface area contributed by atoms with E-state index in [4.69, 9.17) is 0 Å². The van der Waals surface area contributed by atoms with Crippen LogP contribution in [-0.2, 0) is 27.7 Å². The van der Waals surface area contributed by atoms with Gasteiger partial charge in [-0.3, -0.25) is 4.79 Å². The molecule has 130 valence electrons. The van der Waals surface area contributed by atoms with Crippen LogP contribution in [0.2, 0.25) is 0 Å². The van der Waals surface area contributed by atoms with Crippen molar-refractivity contribution in [2.75, 3.05) is 18.5 Å². The Balaban J connectivity index is 1.57. The largest absolute Gasteiger partial charge is 0.374 e. The number of nitrogens with one attached hydrogen (secondary N) is 1. The van der Waals surface area contributed by atoms with Gasteiger partial charge >= 0.3 is 0 Å². The van der Waals surface area contributed by atoms with Crippen LogP contribution in [-0.4, -0.2) is 27.9 Å². The molecule has 0 radical (unpaired) electrons. The van der Waals surface area contributed by atoms with E-state index < -0.39 is 15.9 Å². The van der Waals surface area contributed by atoms with E-state index in [1.165, 1.54) is 0 Å². The molecule has 1 aliphatic carbocycles. The maximum atomic E-state index is 12.6.